The average Bonchev–Trinajstić information content (AvgIpc) is 3.47. The molecule has 0 unspecified atom stereocenters. The Morgan fingerprint density at radius 1 is 0.452 bits per heavy atom. The summed E-state index contributed by atoms with van der Waals surface area (Å²) in [6.45, 7) is 2.11. The third-order valence-corrected chi connectivity index (χ3v) is 7.12. The van der Waals surface area contributed by atoms with Crippen molar-refractivity contribution in [3.05, 3.63) is 118 Å². The molecule has 0 spiro atoms. The molecule has 5 aromatic rings. The van der Waals surface area contributed by atoms with Crippen molar-refractivity contribution in [2.24, 2.45) is 0 Å². The molecular weight excluding hydrogens is 412 g/mol. The first kappa shape index (κ1) is 19.6. The maximum Gasteiger partial charge on any atom is 0.0779 e. The van der Waals surface area contributed by atoms with Gasteiger partial charge >= 0.3 is 0 Å². The third-order valence-electron chi connectivity index (χ3n) is 5.15. The highest BCUT2D eigenvalue weighted by atomic mass is 32.1. The van der Waals surface area contributed by atoms with Gasteiger partial charge < -0.3 is 0 Å². The maximum atomic E-state index is 3.30. The first-order valence-corrected chi connectivity index (χ1v) is 11.8. The second kappa shape index (κ2) is 8.78. The van der Waals surface area contributed by atoms with E-state index in [2.05, 4.69) is 116 Å². The highest BCUT2D eigenvalue weighted by Gasteiger charge is 2.04. The van der Waals surface area contributed by atoms with Crippen molar-refractivity contribution in [3.63, 3.8) is 0 Å². The summed E-state index contributed by atoms with van der Waals surface area (Å²) in [6, 6.07) is 36.6. The van der Waals surface area contributed by atoms with E-state index in [1.807, 2.05) is 6.07 Å². The predicted molar refractivity (Wildman–Crippen MR) is 136 cm³/mol. The van der Waals surface area contributed by atoms with Crippen molar-refractivity contribution >= 4 is 22.7 Å². The maximum absolute atomic E-state index is 3.30. The average molecular weight is 433 g/mol. The molecule has 0 bridgehead atoms. The number of hydrogen-bond donors (Lipinski definition) is 0. The van der Waals surface area contributed by atoms with Crippen LogP contribution in [-0.2, 0) is 0 Å². The van der Waals surface area contributed by atoms with E-state index in [4.69, 9.17) is 0 Å². The second-order valence-corrected chi connectivity index (χ2v) is 9.72. The molecule has 3 aromatic carbocycles. The largest absolute Gasteiger partial charge is 0.132 e. The summed E-state index contributed by atoms with van der Waals surface area (Å²) in [4.78, 5) is 4.76. The summed E-state index contributed by atoms with van der Waals surface area (Å²) >= 11 is 3.48. The van der Waals surface area contributed by atoms with Crippen molar-refractivity contribution in [3.8, 4) is 44.5 Å². The van der Waals surface area contributed by atoms with Gasteiger partial charge in [0, 0.05) is 9.75 Å². The van der Waals surface area contributed by atoms with Crippen molar-refractivity contribution < 1.29 is 0 Å². The Kier molecular flexibility index (Phi) is 5.54. The first-order valence-electron chi connectivity index (χ1n) is 10.2. The van der Waals surface area contributed by atoms with Crippen LogP contribution in [0.4, 0.5) is 0 Å². The zero-order chi connectivity index (χ0) is 21.0. The van der Waals surface area contributed by atoms with Gasteiger partial charge in [0.2, 0.25) is 0 Å². The first-order chi connectivity index (χ1) is 15.2. The molecule has 0 amide bonds. The van der Waals surface area contributed by atoms with Crippen LogP contribution >= 0.6 is 22.7 Å². The lowest BCUT2D eigenvalue weighted by Gasteiger charge is -2.06. The van der Waals surface area contributed by atoms with Crippen LogP contribution in [0.3, 0.4) is 0 Å². The quantitative estimate of drug-likeness (QED) is 0.251. The fraction of sp³-hybridized carbons (Fsp3) is 0.0345. The fourth-order valence-electron chi connectivity index (χ4n) is 3.50. The Balaban J connectivity index is 1.32. The van der Waals surface area contributed by atoms with Crippen LogP contribution in [0.1, 0.15) is 14.6 Å². The molecule has 0 nitrogen and oxygen atoms in total. The van der Waals surface area contributed by atoms with Crippen LogP contribution in [-0.4, -0.2) is 0 Å². The monoisotopic (exact) mass is 432 g/mol. The van der Waals surface area contributed by atoms with Gasteiger partial charge in [-0.1, -0.05) is 78.9 Å². The van der Waals surface area contributed by atoms with Gasteiger partial charge in [-0.3, -0.25) is 0 Å². The molecule has 0 saturated heterocycles. The lowest BCUT2D eigenvalue weighted by Crippen LogP contribution is -1.81. The van der Waals surface area contributed by atoms with Gasteiger partial charge in [0.05, 0.1) is 9.75 Å². The molecule has 0 aliphatic carbocycles. The highest BCUT2D eigenvalue weighted by molar-refractivity contribution is 7.16. The molecule has 2 aromatic heterocycles. The minimum Gasteiger partial charge on any atom is -0.132 e. The second-order valence-electron chi connectivity index (χ2n) is 7.34. The summed E-state index contributed by atoms with van der Waals surface area (Å²) < 4.78 is 0. The molecule has 0 radical (unpaired) electrons. The van der Waals surface area contributed by atoms with Crippen molar-refractivity contribution in [1.82, 2.24) is 0 Å². The van der Waals surface area contributed by atoms with Crippen LogP contribution < -0.4 is 0 Å². The van der Waals surface area contributed by atoms with E-state index < -0.39 is 0 Å². The molecule has 2 heterocycles. The minimum absolute atomic E-state index is 1.10. The van der Waals surface area contributed by atoms with Gasteiger partial charge in [0.1, 0.15) is 0 Å². The summed E-state index contributed by atoms with van der Waals surface area (Å²) in [7, 11) is 0. The highest BCUT2D eigenvalue weighted by Crippen LogP contribution is 2.31. The molecule has 0 atom stereocenters. The molecule has 0 aliphatic rings. The van der Waals surface area contributed by atoms with Crippen LogP contribution in [0.2, 0.25) is 0 Å². The van der Waals surface area contributed by atoms with Crippen molar-refractivity contribution in [2.75, 3.05) is 0 Å². The molecule has 148 valence electrons. The molecule has 0 saturated carbocycles. The molecule has 5 rings (SSSR count). The number of rotatable bonds is 3. The summed E-state index contributed by atoms with van der Waals surface area (Å²) in [6.07, 6.45) is 0. The van der Waals surface area contributed by atoms with E-state index in [0.717, 1.165) is 9.75 Å². The number of hydrogen-bond acceptors (Lipinski definition) is 2. The van der Waals surface area contributed by atoms with Gasteiger partial charge in [-0.2, -0.15) is 0 Å². The smallest absolute Gasteiger partial charge is 0.0779 e. The Labute approximate surface area is 191 Å². The van der Waals surface area contributed by atoms with E-state index in [9.17, 15) is 0 Å². The normalized spacial score (nSPS) is 10.5. The van der Waals surface area contributed by atoms with Gasteiger partial charge in [0.25, 0.3) is 0 Å². The van der Waals surface area contributed by atoms with Crippen LogP contribution in [0.5, 0.6) is 0 Å². The molecule has 0 N–H and O–H groups in total. The van der Waals surface area contributed by atoms with Gasteiger partial charge in [-0.05, 0) is 70.8 Å². The van der Waals surface area contributed by atoms with E-state index >= 15 is 0 Å². The zero-order valence-corrected chi connectivity index (χ0v) is 18.8. The van der Waals surface area contributed by atoms with Crippen molar-refractivity contribution in [2.45, 2.75) is 6.92 Å². The SMILES string of the molecule is Cc1ccc(C#Cc2ccc(-c3ccc(-c4ccc(-c5ccccc5)cc4)cc3)s2)s1. The third kappa shape index (κ3) is 4.54. The lowest BCUT2D eigenvalue weighted by atomic mass is 9.99. The summed E-state index contributed by atoms with van der Waals surface area (Å²) in [5.74, 6) is 6.57. The summed E-state index contributed by atoms with van der Waals surface area (Å²) in [5, 5.41) is 0. The number of aryl methyl sites for hydroxylation is 1. The van der Waals surface area contributed by atoms with E-state index in [0.29, 0.717) is 0 Å². The Bertz CT molecular complexity index is 1360. The van der Waals surface area contributed by atoms with E-state index in [1.165, 1.54) is 37.6 Å². The Morgan fingerprint density at radius 2 is 0.935 bits per heavy atom. The van der Waals surface area contributed by atoms with Crippen LogP contribution in [0.15, 0.2) is 103 Å². The number of thiophene rings is 2. The van der Waals surface area contributed by atoms with Crippen LogP contribution in [0.25, 0.3) is 32.7 Å². The standard InChI is InChI=1S/C29H20S2/c1-21-7-16-27(30-21)17-18-28-19-20-29(31-28)26-14-12-25(13-15-26)24-10-8-23(9-11-24)22-5-3-2-4-6-22/h2-16,19-20H,1H3. The summed E-state index contributed by atoms with van der Waals surface area (Å²) in [5.41, 5.74) is 6.18. The molecule has 2 heteroatoms. The van der Waals surface area contributed by atoms with Gasteiger partial charge in [-0.15, -0.1) is 22.7 Å². The Morgan fingerprint density at radius 3 is 1.48 bits per heavy atom. The van der Waals surface area contributed by atoms with E-state index in [1.54, 1.807) is 22.7 Å². The predicted octanol–water partition coefficient (Wildman–Crippen LogP) is 8.52. The topological polar surface area (TPSA) is 0 Å². The van der Waals surface area contributed by atoms with Gasteiger partial charge in [0.15, 0.2) is 0 Å². The molecular formula is C29H20S2. The fourth-order valence-corrected chi connectivity index (χ4v) is 5.08. The number of benzene rings is 3. The minimum atomic E-state index is 1.10. The molecule has 0 aliphatic heterocycles. The lowest BCUT2D eigenvalue weighted by molar-refractivity contribution is 1.59. The van der Waals surface area contributed by atoms with Crippen LogP contribution in [0, 0.1) is 18.8 Å². The Hall–Kier alpha value is -3.38. The molecule has 0 fully saturated rings. The molecule has 31 heavy (non-hydrogen) atoms. The zero-order valence-electron chi connectivity index (χ0n) is 17.1. The van der Waals surface area contributed by atoms with Crippen molar-refractivity contribution in [1.29, 1.82) is 0 Å². The van der Waals surface area contributed by atoms with Gasteiger partial charge in [-0.25, -0.2) is 0 Å². The van der Waals surface area contributed by atoms with E-state index in [-0.39, 0.29) is 0 Å².